The third-order valence-corrected chi connectivity index (χ3v) is 11.4. The zero-order chi connectivity index (χ0) is 30.1. The molecule has 0 bridgehead atoms. The lowest BCUT2D eigenvalue weighted by Gasteiger charge is -2.32. The average molecular weight is 614 g/mol. The van der Waals surface area contributed by atoms with Crippen LogP contribution in [0, 0.1) is 11.8 Å². The Balaban J connectivity index is 1.52. The number of carboxylic acid groups (broad SMARTS) is 1. The van der Waals surface area contributed by atoms with Gasteiger partial charge in [0.15, 0.2) is 5.01 Å². The van der Waals surface area contributed by atoms with Gasteiger partial charge in [0.2, 0.25) is 10.0 Å². The number of nitrogens with zero attached hydrogens (tertiary/aromatic N) is 1. The summed E-state index contributed by atoms with van der Waals surface area (Å²) in [6, 6.07) is 10.6. The maximum absolute atomic E-state index is 13.5. The number of carbonyl (C=O) groups excluding carboxylic acids is 1. The van der Waals surface area contributed by atoms with Crippen LogP contribution in [0.1, 0.15) is 80.7 Å². The molecule has 4 N–H and O–H groups in total. The van der Waals surface area contributed by atoms with Crippen molar-refractivity contribution in [3.8, 4) is 10.4 Å². The number of benzene rings is 2. The smallest absolute Gasteiger partial charge is 0.306 e. The van der Waals surface area contributed by atoms with E-state index in [4.69, 9.17) is 4.98 Å². The summed E-state index contributed by atoms with van der Waals surface area (Å²) >= 11 is 1.31. The molecule has 9 nitrogen and oxygen atoms in total. The number of amides is 1. The molecule has 2 fully saturated rings. The molecule has 2 aromatic carbocycles. The molecule has 0 spiro atoms. The number of aromatic nitrogens is 1. The van der Waals surface area contributed by atoms with E-state index in [1.165, 1.54) is 30.6 Å². The van der Waals surface area contributed by atoms with Crippen LogP contribution < -0.4 is 10.0 Å². The van der Waals surface area contributed by atoms with Crippen molar-refractivity contribution in [1.82, 2.24) is 15.0 Å². The lowest BCUT2D eigenvalue weighted by molar-refractivity contribution is -0.145. The molecule has 1 heterocycles. The molecule has 0 atom stereocenters. The molecule has 226 valence electrons. The van der Waals surface area contributed by atoms with Crippen LogP contribution in [0.25, 0.3) is 21.2 Å². The highest BCUT2D eigenvalue weighted by Crippen LogP contribution is 2.40. The highest BCUT2D eigenvalue weighted by molar-refractivity contribution is 7.89. The van der Waals surface area contributed by atoms with Gasteiger partial charge in [0.1, 0.15) is 0 Å². The van der Waals surface area contributed by atoms with Crippen molar-refractivity contribution in [2.75, 3.05) is 6.61 Å². The fourth-order valence-corrected chi connectivity index (χ4v) is 8.79. The third-order valence-electron chi connectivity index (χ3n) is 8.49. The molecular weight excluding hydrogens is 574 g/mol. The molecule has 0 saturated heterocycles. The number of aliphatic hydroxyl groups excluding tert-OH is 1. The number of carbonyl (C=O) groups is 2. The Kier molecular flexibility index (Phi) is 9.03. The van der Waals surface area contributed by atoms with Crippen LogP contribution in [0.5, 0.6) is 0 Å². The Hall–Kier alpha value is -2.86. The predicted molar refractivity (Wildman–Crippen MR) is 163 cm³/mol. The van der Waals surface area contributed by atoms with Gasteiger partial charge in [-0.15, -0.1) is 11.3 Å². The summed E-state index contributed by atoms with van der Waals surface area (Å²) in [5.41, 5.74) is 0.846. The topological polar surface area (TPSA) is 146 Å². The fraction of sp³-hybridized carbons (Fsp3) is 0.516. The summed E-state index contributed by atoms with van der Waals surface area (Å²) in [6.07, 6.45) is 7.67. The standard InChI is InChI=1S/C31H39N3O6S2/c1-31(2,14-15-35)34-42(39,40)26-13-12-24(22-10-6-7-11-23(22)26)27-25(16-19-8-4-3-5-9-19)33-29(41-27)28(36)32-21-17-20(18-21)30(37)38/h6-7,10-13,19-21,34-35H,3-5,8-9,14-18H2,1-2H3,(H,32,36)(H,37,38)/t20-,21-. The first kappa shape index (κ1) is 30.6. The molecule has 5 rings (SSSR count). The lowest BCUT2D eigenvalue weighted by atomic mass is 9.80. The van der Waals surface area contributed by atoms with Gasteiger partial charge in [-0.1, -0.05) is 62.4 Å². The summed E-state index contributed by atoms with van der Waals surface area (Å²) < 4.78 is 29.8. The molecule has 1 aromatic heterocycles. The Labute approximate surface area is 250 Å². The molecule has 0 aliphatic heterocycles. The zero-order valence-electron chi connectivity index (χ0n) is 24.1. The van der Waals surface area contributed by atoms with E-state index in [0.29, 0.717) is 29.2 Å². The van der Waals surface area contributed by atoms with Crippen LogP contribution in [0.4, 0.5) is 0 Å². The summed E-state index contributed by atoms with van der Waals surface area (Å²) in [7, 11) is -3.91. The second kappa shape index (κ2) is 12.4. The molecule has 0 unspecified atom stereocenters. The maximum Gasteiger partial charge on any atom is 0.306 e. The number of carboxylic acids is 1. The molecule has 2 aliphatic carbocycles. The molecule has 3 aromatic rings. The van der Waals surface area contributed by atoms with E-state index in [1.807, 2.05) is 18.2 Å². The molecule has 1 amide bonds. The normalized spacial score (nSPS) is 19.9. The number of sulfonamides is 1. The van der Waals surface area contributed by atoms with Gasteiger partial charge in [-0.2, -0.15) is 0 Å². The summed E-state index contributed by atoms with van der Waals surface area (Å²) in [5, 5.41) is 23.2. The summed E-state index contributed by atoms with van der Waals surface area (Å²) in [6.45, 7) is 3.34. The SMILES string of the molecule is CC(C)(CCO)NS(=O)(=O)c1ccc(-c2sc(C(=O)N[C@H]3C[C@H](C(=O)O)C3)nc2CC2CCCCC2)c2ccccc12. The lowest BCUT2D eigenvalue weighted by Crippen LogP contribution is -2.46. The van der Waals surface area contributed by atoms with Gasteiger partial charge in [0, 0.05) is 29.1 Å². The third kappa shape index (κ3) is 6.69. The minimum atomic E-state index is -3.91. The summed E-state index contributed by atoms with van der Waals surface area (Å²) in [4.78, 5) is 30.3. The minimum absolute atomic E-state index is 0.138. The number of nitrogens with one attached hydrogen (secondary N) is 2. The largest absolute Gasteiger partial charge is 0.481 e. The Morgan fingerprint density at radius 1 is 1.05 bits per heavy atom. The maximum atomic E-state index is 13.5. The minimum Gasteiger partial charge on any atom is -0.481 e. The van der Waals surface area contributed by atoms with Crippen LogP contribution in [-0.4, -0.2) is 53.7 Å². The van der Waals surface area contributed by atoms with E-state index in [2.05, 4.69) is 10.0 Å². The number of hydrogen-bond donors (Lipinski definition) is 4. The number of fused-ring (bicyclic) bond motifs is 1. The first-order valence-corrected chi connectivity index (χ1v) is 17.0. The fourth-order valence-electron chi connectivity index (χ4n) is 6.10. The average Bonchev–Trinajstić information content (AvgIpc) is 3.32. The van der Waals surface area contributed by atoms with E-state index in [1.54, 1.807) is 32.0 Å². The Bertz CT molecular complexity index is 1570. The van der Waals surface area contributed by atoms with Crippen LogP contribution in [-0.2, 0) is 21.2 Å². The highest BCUT2D eigenvalue weighted by Gasteiger charge is 2.36. The molecular formula is C31H39N3O6S2. The number of hydrogen-bond acceptors (Lipinski definition) is 7. The van der Waals surface area contributed by atoms with E-state index in [-0.39, 0.29) is 29.9 Å². The van der Waals surface area contributed by atoms with Gasteiger partial charge < -0.3 is 15.5 Å². The Morgan fingerprint density at radius 2 is 1.74 bits per heavy atom. The van der Waals surface area contributed by atoms with Crippen molar-refractivity contribution in [3.63, 3.8) is 0 Å². The van der Waals surface area contributed by atoms with Crippen LogP contribution in [0.3, 0.4) is 0 Å². The highest BCUT2D eigenvalue weighted by atomic mass is 32.2. The van der Waals surface area contributed by atoms with Gasteiger partial charge in [-0.05, 0) is 56.9 Å². The molecule has 2 aliphatic rings. The van der Waals surface area contributed by atoms with Crippen molar-refractivity contribution in [2.45, 2.75) is 88.1 Å². The van der Waals surface area contributed by atoms with Crippen molar-refractivity contribution in [3.05, 3.63) is 47.1 Å². The van der Waals surface area contributed by atoms with Crippen LogP contribution in [0.15, 0.2) is 41.3 Å². The molecule has 2 saturated carbocycles. The van der Waals surface area contributed by atoms with Gasteiger partial charge in [0.05, 0.1) is 21.4 Å². The number of aliphatic hydroxyl groups is 1. The van der Waals surface area contributed by atoms with Gasteiger partial charge in [0.25, 0.3) is 5.91 Å². The van der Waals surface area contributed by atoms with Crippen molar-refractivity contribution < 1.29 is 28.2 Å². The van der Waals surface area contributed by atoms with E-state index >= 15 is 0 Å². The van der Waals surface area contributed by atoms with Crippen LogP contribution in [0.2, 0.25) is 0 Å². The van der Waals surface area contributed by atoms with E-state index in [9.17, 15) is 28.2 Å². The summed E-state index contributed by atoms with van der Waals surface area (Å²) in [5.74, 6) is -1.09. The monoisotopic (exact) mass is 613 g/mol. The number of aliphatic carboxylic acids is 1. The van der Waals surface area contributed by atoms with E-state index < -0.39 is 27.4 Å². The second-order valence-corrected chi connectivity index (χ2v) is 14.9. The first-order valence-electron chi connectivity index (χ1n) is 14.7. The first-order chi connectivity index (χ1) is 20.0. The number of rotatable bonds is 11. The van der Waals surface area contributed by atoms with Crippen molar-refractivity contribution in [1.29, 1.82) is 0 Å². The van der Waals surface area contributed by atoms with Crippen LogP contribution >= 0.6 is 11.3 Å². The zero-order valence-corrected chi connectivity index (χ0v) is 25.7. The van der Waals surface area contributed by atoms with Gasteiger partial charge >= 0.3 is 5.97 Å². The van der Waals surface area contributed by atoms with E-state index in [0.717, 1.165) is 40.8 Å². The predicted octanol–water partition coefficient (Wildman–Crippen LogP) is 5.12. The van der Waals surface area contributed by atoms with Gasteiger partial charge in [-0.3, -0.25) is 9.59 Å². The molecule has 11 heteroatoms. The quantitative estimate of drug-likeness (QED) is 0.235. The van der Waals surface area contributed by atoms with Crippen molar-refractivity contribution in [2.24, 2.45) is 11.8 Å². The molecule has 42 heavy (non-hydrogen) atoms. The van der Waals surface area contributed by atoms with Crippen molar-refractivity contribution >= 4 is 44.0 Å². The second-order valence-electron chi connectivity index (χ2n) is 12.3. The Morgan fingerprint density at radius 3 is 2.40 bits per heavy atom. The van der Waals surface area contributed by atoms with Gasteiger partial charge in [-0.25, -0.2) is 18.1 Å². The molecule has 0 radical (unpaired) electrons. The number of thiazole rings is 1.